The smallest absolute Gasteiger partial charge is 0.330 e. The minimum absolute atomic E-state index is 0.323. The minimum Gasteiger partial charge on any atom is -0.478 e. The first kappa shape index (κ1) is 9.26. The topological polar surface area (TPSA) is 40.3 Å². The molecule has 1 rings (SSSR count). The van der Waals surface area contributed by atoms with E-state index in [2.05, 4.69) is 18.4 Å². The van der Waals surface area contributed by atoms with Gasteiger partial charge < -0.3 is 5.11 Å². The summed E-state index contributed by atoms with van der Waals surface area (Å²) in [6.45, 7) is 7.95. The molecule has 0 aromatic heterocycles. The summed E-state index contributed by atoms with van der Waals surface area (Å²) in [6.07, 6.45) is 1.51. The first-order valence-electron chi connectivity index (χ1n) is 4.26. The van der Waals surface area contributed by atoms with Gasteiger partial charge in [0.05, 0.1) is 0 Å². The molecule has 0 radical (unpaired) electrons. The van der Waals surface area contributed by atoms with Crippen LogP contribution in [0.25, 0.3) is 0 Å². The molecule has 0 spiro atoms. The van der Waals surface area contributed by atoms with E-state index >= 15 is 0 Å². The van der Waals surface area contributed by atoms with Crippen molar-refractivity contribution >= 4 is 5.97 Å². The van der Waals surface area contributed by atoms with Gasteiger partial charge in [0.1, 0.15) is 0 Å². The Hall–Kier alpha value is -0.830. The van der Waals surface area contributed by atoms with Gasteiger partial charge in [-0.2, -0.15) is 0 Å². The maximum Gasteiger partial charge on any atom is 0.330 e. The van der Waals surface area contributed by atoms with E-state index < -0.39 is 5.97 Å². The van der Waals surface area contributed by atoms with Crippen molar-refractivity contribution in [2.24, 2.45) is 0 Å². The fourth-order valence-electron chi connectivity index (χ4n) is 1.17. The predicted molar refractivity (Wildman–Crippen MR) is 47.0 cm³/mol. The lowest BCUT2D eigenvalue weighted by atomic mass is 10.1. The second kappa shape index (κ2) is 3.72. The summed E-state index contributed by atoms with van der Waals surface area (Å²) in [4.78, 5) is 12.7. The molecule has 3 nitrogen and oxygen atoms in total. The summed E-state index contributed by atoms with van der Waals surface area (Å²) in [6, 6.07) is 0.515. The van der Waals surface area contributed by atoms with Crippen molar-refractivity contribution in [3.05, 3.63) is 12.2 Å². The third-order valence-electron chi connectivity index (χ3n) is 2.27. The molecule has 1 saturated heterocycles. The van der Waals surface area contributed by atoms with Crippen molar-refractivity contribution in [1.29, 1.82) is 0 Å². The summed E-state index contributed by atoms with van der Waals surface area (Å²) in [5.41, 5.74) is 0.323. The van der Waals surface area contributed by atoms with E-state index in [-0.39, 0.29) is 0 Å². The normalized spacial score (nSPS) is 18.8. The predicted octanol–water partition coefficient (Wildman–Crippen LogP) is 1.11. The maximum absolute atomic E-state index is 10.4. The van der Waals surface area contributed by atoms with E-state index in [1.807, 2.05) is 0 Å². The van der Waals surface area contributed by atoms with Gasteiger partial charge in [-0.05, 0) is 19.8 Å². The largest absolute Gasteiger partial charge is 0.478 e. The summed E-state index contributed by atoms with van der Waals surface area (Å²) in [5, 5.41) is 8.54. The molecule has 0 saturated carbocycles. The first-order chi connectivity index (χ1) is 5.61. The molecule has 0 amide bonds. The van der Waals surface area contributed by atoms with Crippen molar-refractivity contribution in [1.82, 2.24) is 4.90 Å². The van der Waals surface area contributed by atoms with Crippen LogP contribution in [0, 0.1) is 0 Å². The summed E-state index contributed by atoms with van der Waals surface area (Å²) in [5.74, 6) is -0.868. The number of hydrogen-bond acceptors (Lipinski definition) is 2. The van der Waals surface area contributed by atoms with Gasteiger partial charge in [0.15, 0.2) is 0 Å². The zero-order valence-corrected chi connectivity index (χ0v) is 7.42. The van der Waals surface area contributed by atoms with Gasteiger partial charge in [-0.25, -0.2) is 4.79 Å². The fourth-order valence-corrected chi connectivity index (χ4v) is 1.17. The third kappa shape index (κ3) is 2.66. The lowest BCUT2D eigenvalue weighted by Crippen LogP contribution is -2.14. The number of nitrogens with zero attached hydrogens (tertiary/aromatic N) is 1. The Kier molecular flexibility index (Phi) is 2.87. The Balaban J connectivity index is 2.15. The van der Waals surface area contributed by atoms with Crippen LogP contribution in [0.5, 0.6) is 0 Å². The van der Waals surface area contributed by atoms with Crippen molar-refractivity contribution in [3.63, 3.8) is 0 Å². The van der Waals surface area contributed by atoms with Crippen molar-refractivity contribution in [2.75, 3.05) is 13.1 Å². The van der Waals surface area contributed by atoms with Crippen molar-refractivity contribution in [3.8, 4) is 0 Å². The van der Waals surface area contributed by atoms with Gasteiger partial charge in [0, 0.05) is 24.7 Å². The minimum atomic E-state index is -0.868. The van der Waals surface area contributed by atoms with E-state index in [1.165, 1.54) is 13.1 Å². The van der Waals surface area contributed by atoms with E-state index in [4.69, 9.17) is 5.11 Å². The standard InChI is InChI=1S/C9H15NO2/c1-7(9(11)12)3-4-8(2)10-5-6-10/h8H,1,3-6H2,2H3,(H,11,12). The zero-order valence-electron chi connectivity index (χ0n) is 7.42. The van der Waals surface area contributed by atoms with Gasteiger partial charge in [-0.1, -0.05) is 6.58 Å². The molecule has 1 aliphatic rings. The van der Waals surface area contributed by atoms with Crippen molar-refractivity contribution < 1.29 is 9.90 Å². The Morgan fingerprint density at radius 1 is 1.67 bits per heavy atom. The van der Waals surface area contributed by atoms with Gasteiger partial charge in [0.25, 0.3) is 0 Å². The van der Waals surface area contributed by atoms with Gasteiger partial charge in [-0.3, -0.25) is 4.90 Å². The van der Waals surface area contributed by atoms with Crippen LogP contribution in [0.3, 0.4) is 0 Å². The maximum atomic E-state index is 10.4. The molecule has 12 heavy (non-hydrogen) atoms. The Morgan fingerprint density at radius 2 is 2.25 bits per heavy atom. The molecule has 1 unspecified atom stereocenters. The van der Waals surface area contributed by atoms with E-state index in [9.17, 15) is 4.79 Å². The highest BCUT2D eigenvalue weighted by atomic mass is 16.4. The molecule has 3 heteroatoms. The monoisotopic (exact) mass is 169 g/mol. The lowest BCUT2D eigenvalue weighted by molar-refractivity contribution is -0.132. The number of rotatable bonds is 5. The van der Waals surface area contributed by atoms with E-state index in [1.54, 1.807) is 0 Å². The van der Waals surface area contributed by atoms with Crippen LogP contribution in [-0.2, 0) is 4.79 Å². The number of hydrogen-bond donors (Lipinski definition) is 1. The van der Waals surface area contributed by atoms with Crippen LogP contribution < -0.4 is 0 Å². The molecule has 0 aliphatic carbocycles. The Morgan fingerprint density at radius 3 is 2.67 bits per heavy atom. The fraction of sp³-hybridized carbons (Fsp3) is 0.667. The third-order valence-corrected chi connectivity index (χ3v) is 2.27. The molecule has 0 aromatic carbocycles. The highest BCUT2D eigenvalue weighted by Crippen LogP contribution is 2.16. The highest BCUT2D eigenvalue weighted by molar-refractivity contribution is 5.85. The average Bonchev–Trinajstić information content (AvgIpc) is 2.81. The summed E-state index contributed by atoms with van der Waals surface area (Å²) in [7, 11) is 0. The molecule has 1 aliphatic heterocycles. The first-order valence-corrected chi connectivity index (χ1v) is 4.26. The van der Waals surface area contributed by atoms with Crippen LogP contribution >= 0.6 is 0 Å². The molecule has 1 fully saturated rings. The van der Waals surface area contributed by atoms with Gasteiger partial charge in [-0.15, -0.1) is 0 Å². The van der Waals surface area contributed by atoms with Crippen LogP contribution in [0.2, 0.25) is 0 Å². The van der Waals surface area contributed by atoms with Gasteiger partial charge >= 0.3 is 5.97 Å². The SMILES string of the molecule is C=C(CCC(C)N1CC1)C(=O)O. The summed E-state index contributed by atoms with van der Waals surface area (Å²) >= 11 is 0. The zero-order chi connectivity index (χ0) is 9.14. The van der Waals surface area contributed by atoms with Crippen LogP contribution in [0.4, 0.5) is 0 Å². The molecule has 1 heterocycles. The van der Waals surface area contributed by atoms with E-state index in [0.29, 0.717) is 18.0 Å². The van der Waals surface area contributed by atoms with Crippen LogP contribution in [0.1, 0.15) is 19.8 Å². The summed E-state index contributed by atoms with van der Waals surface area (Å²) < 4.78 is 0. The molecule has 0 aromatic rings. The Bertz CT molecular complexity index is 197. The second-order valence-electron chi connectivity index (χ2n) is 3.33. The number of aliphatic carboxylic acids is 1. The molecule has 0 bridgehead atoms. The van der Waals surface area contributed by atoms with E-state index in [0.717, 1.165) is 6.42 Å². The molecule has 68 valence electrons. The highest BCUT2D eigenvalue weighted by Gasteiger charge is 2.23. The number of carboxylic acids is 1. The quantitative estimate of drug-likeness (QED) is 0.495. The Labute approximate surface area is 72.7 Å². The molecular weight excluding hydrogens is 154 g/mol. The molecule has 1 N–H and O–H groups in total. The molecular formula is C9H15NO2. The number of carboxylic acid groups (broad SMARTS) is 1. The number of carbonyl (C=O) groups is 1. The van der Waals surface area contributed by atoms with Crippen LogP contribution in [0.15, 0.2) is 12.2 Å². The lowest BCUT2D eigenvalue weighted by Gasteiger charge is -2.11. The second-order valence-corrected chi connectivity index (χ2v) is 3.33. The average molecular weight is 169 g/mol. The van der Waals surface area contributed by atoms with Crippen molar-refractivity contribution in [2.45, 2.75) is 25.8 Å². The van der Waals surface area contributed by atoms with Gasteiger partial charge in [0.2, 0.25) is 0 Å². The van der Waals surface area contributed by atoms with Crippen LogP contribution in [-0.4, -0.2) is 35.1 Å². The molecule has 1 atom stereocenters.